The van der Waals surface area contributed by atoms with Crippen molar-refractivity contribution in [1.82, 2.24) is 4.90 Å². The van der Waals surface area contributed by atoms with Crippen LogP contribution in [0, 0.1) is 6.92 Å². The van der Waals surface area contributed by atoms with Gasteiger partial charge in [-0.05, 0) is 43.3 Å². The van der Waals surface area contributed by atoms with Crippen LogP contribution in [-0.2, 0) is 6.54 Å². The number of fused-ring (bicyclic) bond motifs is 1. The Kier molecular flexibility index (Phi) is 6.04. The number of carbonyl (C=O) groups is 1. The molecule has 31 heavy (non-hydrogen) atoms. The fourth-order valence-corrected chi connectivity index (χ4v) is 4.16. The lowest BCUT2D eigenvalue weighted by Gasteiger charge is -2.32. The standard InChI is InChI=1S/C24H28N2O5/c1-16-19-14-18(28-2)6-8-20(19)31-23(16)24(27)26-11-9-25(10-12-26)15-17-5-7-21(29-3)22(13-17)30-4/h5-8,13-14H,9-12,15H2,1-4H3/p+1. The number of aryl methyl sites for hydroxylation is 1. The van der Waals surface area contributed by atoms with E-state index < -0.39 is 0 Å². The third-order valence-electron chi connectivity index (χ3n) is 6.00. The smallest absolute Gasteiger partial charge is 0.290 e. The molecule has 0 bridgehead atoms. The van der Waals surface area contributed by atoms with Gasteiger partial charge in [-0.15, -0.1) is 0 Å². The number of benzene rings is 2. The monoisotopic (exact) mass is 425 g/mol. The van der Waals surface area contributed by atoms with Crippen LogP contribution in [0.2, 0.25) is 0 Å². The lowest BCUT2D eigenvalue weighted by Crippen LogP contribution is -3.13. The van der Waals surface area contributed by atoms with Crippen molar-refractivity contribution in [2.75, 3.05) is 47.5 Å². The number of piperazine rings is 1. The molecule has 0 radical (unpaired) electrons. The number of rotatable bonds is 6. The largest absolute Gasteiger partial charge is 0.497 e. The maximum absolute atomic E-state index is 13.1. The average molecular weight is 426 g/mol. The van der Waals surface area contributed by atoms with Crippen molar-refractivity contribution >= 4 is 16.9 Å². The molecule has 1 aliphatic rings. The van der Waals surface area contributed by atoms with Gasteiger partial charge >= 0.3 is 0 Å². The highest BCUT2D eigenvalue weighted by atomic mass is 16.5. The van der Waals surface area contributed by atoms with Crippen molar-refractivity contribution in [1.29, 1.82) is 0 Å². The van der Waals surface area contributed by atoms with E-state index in [0.29, 0.717) is 24.4 Å². The Morgan fingerprint density at radius 2 is 1.74 bits per heavy atom. The molecule has 1 aliphatic heterocycles. The zero-order valence-electron chi connectivity index (χ0n) is 18.5. The Morgan fingerprint density at radius 3 is 2.42 bits per heavy atom. The molecule has 1 N–H and O–H groups in total. The van der Waals surface area contributed by atoms with Crippen LogP contribution >= 0.6 is 0 Å². The molecule has 7 heteroatoms. The number of methoxy groups -OCH3 is 3. The summed E-state index contributed by atoms with van der Waals surface area (Å²) in [4.78, 5) is 16.4. The second kappa shape index (κ2) is 8.89. The summed E-state index contributed by atoms with van der Waals surface area (Å²) in [5.41, 5.74) is 2.76. The van der Waals surface area contributed by atoms with E-state index in [1.165, 1.54) is 10.5 Å². The van der Waals surface area contributed by atoms with E-state index in [4.69, 9.17) is 18.6 Å². The summed E-state index contributed by atoms with van der Waals surface area (Å²) in [6.45, 7) is 5.96. The first-order valence-electron chi connectivity index (χ1n) is 10.4. The highest BCUT2D eigenvalue weighted by Crippen LogP contribution is 2.30. The van der Waals surface area contributed by atoms with Crippen molar-refractivity contribution in [2.45, 2.75) is 13.5 Å². The van der Waals surface area contributed by atoms with Gasteiger partial charge in [0.05, 0.1) is 47.5 Å². The Bertz CT molecular complexity index is 1080. The molecular weight excluding hydrogens is 396 g/mol. The predicted molar refractivity (Wildman–Crippen MR) is 117 cm³/mol. The van der Waals surface area contributed by atoms with E-state index in [-0.39, 0.29) is 5.91 Å². The van der Waals surface area contributed by atoms with Crippen molar-refractivity contribution in [3.05, 3.63) is 53.3 Å². The third kappa shape index (κ3) is 4.18. The molecule has 1 aromatic heterocycles. The van der Waals surface area contributed by atoms with Gasteiger partial charge in [0.1, 0.15) is 17.9 Å². The Morgan fingerprint density at radius 1 is 1.00 bits per heavy atom. The van der Waals surface area contributed by atoms with Crippen LogP contribution in [0.1, 0.15) is 21.7 Å². The SMILES string of the molecule is COc1ccc2oc(C(=O)N3CC[NH+](Cc4ccc(OC)c(OC)c4)CC3)c(C)c2c1. The van der Waals surface area contributed by atoms with Gasteiger partial charge in [-0.2, -0.15) is 0 Å². The summed E-state index contributed by atoms with van der Waals surface area (Å²) < 4.78 is 21.9. The first kappa shape index (κ1) is 21.1. The molecule has 0 spiro atoms. The minimum absolute atomic E-state index is 0.0437. The van der Waals surface area contributed by atoms with Gasteiger partial charge in [-0.3, -0.25) is 4.79 Å². The Hall–Kier alpha value is -3.19. The summed E-state index contributed by atoms with van der Waals surface area (Å²) in [6.07, 6.45) is 0. The lowest BCUT2D eigenvalue weighted by molar-refractivity contribution is -0.917. The summed E-state index contributed by atoms with van der Waals surface area (Å²) in [7, 11) is 4.92. The minimum atomic E-state index is -0.0437. The number of amides is 1. The van der Waals surface area contributed by atoms with E-state index in [0.717, 1.165) is 47.8 Å². The van der Waals surface area contributed by atoms with Gasteiger partial charge in [0.15, 0.2) is 17.3 Å². The van der Waals surface area contributed by atoms with E-state index >= 15 is 0 Å². The van der Waals surface area contributed by atoms with Crippen LogP contribution in [0.25, 0.3) is 11.0 Å². The molecule has 7 nitrogen and oxygen atoms in total. The van der Waals surface area contributed by atoms with E-state index in [1.807, 2.05) is 42.2 Å². The van der Waals surface area contributed by atoms with Crippen LogP contribution in [0.3, 0.4) is 0 Å². The van der Waals surface area contributed by atoms with Gasteiger partial charge < -0.3 is 28.4 Å². The first-order valence-corrected chi connectivity index (χ1v) is 10.4. The third-order valence-corrected chi connectivity index (χ3v) is 6.00. The van der Waals surface area contributed by atoms with Crippen LogP contribution in [0.4, 0.5) is 0 Å². The summed E-state index contributed by atoms with van der Waals surface area (Å²) in [5, 5.41) is 0.917. The molecule has 0 unspecified atom stereocenters. The number of quaternary nitrogens is 1. The zero-order valence-corrected chi connectivity index (χ0v) is 18.5. The molecule has 1 amide bonds. The van der Waals surface area contributed by atoms with Crippen molar-refractivity contribution < 1.29 is 28.3 Å². The number of carbonyl (C=O) groups excluding carboxylic acids is 1. The number of nitrogens with zero attached hydrogens (tertiary/aromatic N) is 1. The normalized spacial score (nSPS) is 14.6. The minimum Gasteiger partial charge on any atom is -0.497 e. The van der Waals surface area contributed by atoms with Gasteiger partial charge in [0.25, 0.3) is 5.91 Å². The maximum Gasteiger partial charge on any atom is 0.290 e. The molecule has 0 saturated carbocycles. The van der Waals surface area contributed by atoms with Crippen LogP contribution in [0.5, 0.6) is 17.2 Å². The molecule has 1 saturated heterocycles. The molecule has 0 aliphatic carbocycles. The molecule has 4 rings (SSSR count). The predicted octanol–water partition coefficient (Wildman–Crippen LogP) is 2.31. The summed E-state index contributed by atoms with van der Waals surface area (Å²) >= 11 is 0. The highest BCUT2D eigenvalue weighted by Gasteiger charge is 2.28. The maximum atomic E-state index is 13.1. The average Bonchev–Trinajstić information content (AvgIpc) is 3.14. The fourth-order valence-electron chi connectivity index (χ4n) is 4.16. The van der Waals surface area contributed by atoms with Crippen LogP contribution in [-0.4, -0.2) is 58.3 Å². The van der Waals surface area contributed by atoms with Crippen molar-refractivity contribution in [3.8, 4) is 17.2 Å². The molecular formula is C24H29N2O5+. The second-order valence-electron chi connectivity index (χ2n) is 7.83. The second-order valence-corrected chi connectivity index (χ2v) is 7.83. The number of ether oxygens (including phenoxy) is 3. The Labute approximate surface area is 182 Å². The summed E-state index contributed by atoms with van der Waals surface area (Å²) in [6, 6.07) is 11.6. The first-order chi connectivity index (χ1) is 15.0. The zero-order chi connectivity index (χ0) is 22.0. The van der Waals surface area contributed by atoms with Crippen LogP contribution in [0.15, 0.2) is 40.8 Å². The molecule has 2 heterocycles. The van der Waals surface area contributed by atoms with Gasteiger partial charge in [0.2, 0.25) is 0 Å². The summed E-state index contributed by atoms with van der Waals surface area (Å²) in [5.74, 6) is 2.60. The Balaban J connectivity index is 1.41. The highest BCUT2D eigenvalue weighted by molar-refractivity contribution is 5.99. The fraction of sp³-hybridized carbons (Fsp3) is 0.375. The van der Waals surface area contributed by atoms with Gasteiger partial charge in [0, 0.05) is 16.5 Å². The topological polar surface area (TPSA) is 65.6 Å². The number of hydrogen-bond acceptors (Lipinski definition) is 5. The molecule has 164 valence electrons. The number of nitrogens with one attached hydrogen (secondary N) is 1. The number of hydrogen-bond donors (Lipinski definition) is 1. The molecule has 2 aromatic carbocycles. The van der Waals surface area contributed by atoms with E-state index in [9.17, 15) is 4.79 Å². The van der Waals surface area contributed by atoms with E-state index in [2.05, 4.69) is 6.07 Å². The lowest BCUT2D eigenvalue weighted by atomic mass is 10.1. The van der Waals surface area contributed by atoms with Crippen molar-refractivity contribution in [2.24, 2.45) is 0 Å². The molecule has 3 aromatic rings. The van der Waals surface area contributed by atoms with E-state index in [1.54, 1.807) is 21.3 Å². The van der Waals surface area contributed by atoms with Crippen LogP contribution < -0.4 is 19.1 Å². The van der Waals surface area contributed by atoms with Gasteiger partial charge in [-0.1, -0.05) is 0 Å². The number of furan rings is 1. The quantitative estimate of drug-likeness (QED) is 0.657. The van der Waals surface area contributed by atoms with Crippen molar-refractivity contribution in [3.63, 3.8) is 0 Å². The molecule has 1 fully saturated rings. The van der Waals surface area contributed by atoms with Gasteiger partial charge in [-0.25, -0.2) is 0 Å². The molecule has 0 atom stereocenters.